The van der Waals surface area contributed by atoms with Gasteiger partial charge in [-0.2, -0.15) is 0 Å². The number of thiophene rings is 1. The van der Waals surface area contributed by atoms with Crippen LogP contribution in [0.15, 0.2) is 60.0 Å². The zero-order valence-electron chi connectivity index (χ0n) is 16.7. The highest BCUT2D eigenvalue weighted by molar-refractivity contribution is 7.17. The molecule has 1 N–H and O–H groups in total. The number of nitrogens with one attached hydrogen (secondary N) is 1. The zero-order chi connectivity index (χ0) is 20.9. The van der Waals surface area contributed by atoms with Crippen LogP contribution in [0.25, 0.3) is 21.3 Å². The molecule has 0 unspecified atom stereocenters. The number of nitrogens with zero attached hydrogens (tertiary/aromatic N) is 2. The summed E-state index contributed by atoms with van der Waals surface area (Å²) in [5.74, 6) is 1.40. The molecular weight excluding hydrogens is 398 g/mol. The molecule has 2 aromatic heterocycles. The molecule has 0 atom stereocenters. The van der Waals surface area contributed by atoms with Crippen molar-refractivity contribution in [2.45, 2.75) is 13.3 Å². The van der Waals surface area contributed by atoms with E-state index in [1.807, 2.05) is 42.5 Å². The highest BCUT2D eigenvalue weighted by Gasteiger charge is 2.18. The molecule has 6 nitrogen and oxygen atoms in total. The van der Waals surface area contributed by atoms with Crippen LogP contribution in [0.4, 0.5) is 11.5 Å². The number of carbonyl (C=O) groups is 1. The van der Waals surface area contributed by atoms with E-state index in [9.17, 15) is 4.79 Å². The molecule has 0 saturated heterocycles. The van der Waals surface area contributed by atoms with Gasteiger partial charge in [0.15, 0.2) is 0 Å². The first kappa shape index (κ1) is 19.8. The average molecular weight is 420 g/mol. The van der Waals surface area contributed by atoms with E-state index in [0.717, 1.165) is 27.0 Å². The van der Waals surface area contributed by atoms with E-state index < -0.39 is 0 Å². The highest BCUT2D eigenvalue weighted by Crippen LogP contribution is 2.39. The number of aromatic nitrogens is 2. The third-order valence-corrected chi connectivity index (χ3v) is 5.40. The number of ether oxygens (including phenoxy) is 2. The van der Waals surface area contributed by atoms with Crippen molar-refractivity contribution in [1.29, 1.82) is 0 Å². The number of para-hydroxylation sites is 2. The van der Waals surface area contributed by atoms with Crippen LogP contribution in [0.2, 0.25) is 0 Å². The van der Waals surface area contributed by atoms with Crippen LogP contribution in [-0.2, 0) is 16.0 Å². The van der Waals surface area contributed by atoms with Crippen molar-refractivity contribution in [2.75, 3.05) is 19.0 Å². The Labute approximate surface area is 178 Å². The molecule has 2 aromatic carbocycles. The monoisotopic (exact) mass is 419 g/mol. The number of esters is 1. The number of carbonyl (C=O) groups excluding carboxylic acids is 1. The molecule has 0 bridgehead atoms. The summed E-state index contributed by atoms with van der Waals surface area (Å²) in [6, 6.07) is 17.7. The Kier molecular flexibility index (Phi) is 5.90. The van der Waals surface area contributed by atoms with Crippen molar-refractivity contribution in [1.82, 2.24) is 9.97 Å². The van der Waals surface area contributed by atoms with E-state index >= 15 is 0 Å². The first-order valence-electron chi connectivity index (χ1n) is 9.58. The Morgan fingerprint density at radius 2 is 1.83 bits per heavy atom. The number of hydrogen-bond donors (Lipinski definition) is 1. The molecule has 0 aliphatic heterocycles. The van der Waals surface area contributed by atoms with Crippen LogP contribution in [0, 0.1) is 0 Å². The smallest absolute Gasteiger partial charge is 0.313 e. The summed E-state index contributed by atoms with van der Waals surface area (Å²) in [5, 5.41) is 6.36. The van der Waals surface area contributed by atoms with E-state index in [2.05, 4.69) is 32.8 Å². The second kappa shape index (κ2) is 8.92. The Hall–Kier alpha value is -3.45. The predicted octanol–water partition coefficient (Wildman–Crippen LogP) is 5.22. The fourth-order valence-electron chi connectivity index (χ4n) is 3.20. The van der Waals surface area contributed by atoms with Crippen molar-refractivity contribution in [3.8, 4) is 16.9 Å². The van der Waals surface area contributed by atoms with Gasteiger partial charge in [0.25, 0.3) is 0 Å². The van der Waals surface area contributed by atoms with Gasteiger partial charge in [0, 0.05) is 10.9 Å². The Morgan fingerprint density at radius 1 is 1.07 bits per heavy atom. The number of methoxy groups -OCH3 is 1. The molecule has 4 rings (SSSR count). The van der Waals surface area contributed by atoms with Gasteiger partial charge in [0.05, 0.1) is 24.8 Å². The molecule has 4 aromatic rings. The SMILES string of the molecule is CCOC(=O)Cc1nc(Nc2ccccc2OC)c2c(-c3ccccc3)csc2n1. The van der Waals surface area contributed by atoms with Gasteiger partial charge in [-0.3, -0.25) is 4.79 Å². The molecule has 152 valence electrons. The molecule has 0 fully saturated rings. The van der Waals surface area contributed by atoms with Gasteiger partial charge < -0.3 is 14.8 Å². The van der Waals surface area contributed by atoms with E-state index in [-0.39, 0.29) is 12.4 Å². The van der Waals surface area contributed by atoms with Gasteiger partial charge in [-0.05, 0) is 24.6 Å². The third-order valence-electron chi connectivity index (χ3n) is 4.53. The van der Waals surface area contributed by atoms with Gasteiger partial charge >= 0.3 is 5.97 Å². The minimum atomic E-state index is -0.347. The molecule has 0 saturated carbocycles. The van der Waals surface area contributed by atoms with E-state index in [0.29, 0.717) is 24.0 Å². The lowest BCUT2D eigenvalue weighted by Crippen LogP contribution is -2.11. The molecule has 0 aliphatic rings. The van der Waals surface area contributed by atoms with E-state index in [1.165, 1.54) is 11.3 Å². The largest absolute Gasteiger partial charge is 0.495 e. The van der Waals surface area contributed by atoms with Crippen molar-refractivity contribution < 1.29 is 14.3 Å². The number of fused-ring (bicyclic) bond motifs is 1. The normalized spacial score (nSPS) is 10.7. The topological polar surface area (TPSA) is 73.3 Å². The standard InChI is InChI=1S/C23H21N3O3S/c1-3-29-20(27)13-19-25-22(24-17-11-7-8-12-18(17)28-2)21-16(14-30-23(21)26-19)15-9-5-4-6-10-15/h4-12,14H,3,13H2,1-2H3,(H,24,25,26). The van der Waals surface area contributed by atoms with E-state index in [1.54, 1.807) is 14.0 Å². The first-order chi connectivity index (χ1) is 14.7. The van der Waals surface area contributed by atoms with Crippen molar-refractivity contribution in [3.05, 3.63) is 65.8 Å². The molecule has 0 radical (unpaired) electrons. The molecule has 2 heterocycles. The third kappa shape index (κ3) is 4.11. The highest BCUT2D eigenvalue weighted by atomic mass is 32.1. The van der Waals surface area contributed by atoms with Crippen LogP contribution in [0.1, 0.15) is 12.7 Å². The molecule has 0 amide bonds. The fourth-order valence-corrected chi connectivity index (χ4v) is 4.17. The minimum Gasteiger partial charge on any atom is -0.495 e. The fraction of sp³-hybridized carbons (Fsp3) is 0.174. The van der Waals surface area contributed by atoms with Crippen LogP contribution in [0.5, 0.6) is 5.75 Å². The van der Waals surface area contributed by atoms with Crippen LogP contribution in [-0.4, -0.2) is 29.7 Å². The number of hydrogen-bond acceptors (Lipinski definition) is 7. The Morgan fingerprint density at radius 3 is 2.60 bits per heavy atom. The summed E-state index contributed by atoms with van der Waals surface area (Å²) >= 11 is 1.52. The average Bonchev–Trinajstić information content (AvgIpc) is 3.19. The van der Waals surface area contributed by atoms with Crippen molar-refractivity contribution in [2.24, 2.45) is 0 Å². The summed E-state index contributed by atoms with van der Waals surface area (Å²) < 4.78 is 10.5. The van der Waals surface area contributed by atoms with Gasteiger partial charge in [-0.15, -0.1) is 11.3 Å². The van der Waals surface area contributed by atoms with Gasteiger partial charge in [0.1, 0.15) is 28.6 Å². The maximum Gasteiger partial charge on any atom is 0.313 e. The lowest BCUT2D eigenvalue weighted by Gasteiger charge is -2.13. The van der Waals surface area contributed by atoms with Crippen molar-refractivity contribution >= 4 is 39.0 Å². The maximum atomic E-state index is 12.0. The zero-order valence-corrected chi connectivity index (χ0v) is 17.5. The number of benzene rings is 2. The summed E-state index contributed by atoms with van der Waals surface area (Å²) in [5.41, 5.74) is 2.90. The number of rotatable bonds is 7. The van der Waals surface area contributed by atoms with Gasteiger partial charge in [-0.1, -0.05) is 42.5 Å². The summed E-state index contributed by atoms with van der Waals surface area (Å²) in [6.07, 6.45) is 0.0168. The molecule has 0 spiro atoms. The van der Waals surface area contributed by atoms with Gasteiger partial charge in [-0.25, -0.2) is 9.97 Å². The summed E-state index contributed by atoms with van der Waals surface area (Å²) in [6.45, 7) is 2.10. The van der Waals surface area contributed by atoms with Crippen LogP contribution < -0.4 is 10.1 Å². The minimum absolute atomic E-state index is 0.0168. The lowest BCUT2D eigenvalue weighted by atomic mass is 10.1. The summed E-state index contributed by atoms with van der Waals surface area (Å²) in [7, 11) is 1.63. The first-order valence-corrected chi connectivity index (χ1v) is 10.5. The second-order valence-corrected chi connectivity index (χ2v) is 7.35. The number of anilines is 2. The molecule has 7 heteroatoms. The second-order valence-electron chi connectivity index (χ2n) is 6.49. The van der Waals surface area contributed by atoms with Crippen molar-refractivity contribution in [3.63, 3.8) is 0 Å². The van der Waals surface area contributed by atoms with Crippen LogP contribution in [0.3, 0.4) is 0 Å². The Balaban J connectivity index is 1.84. The quantitative estimate of drug-likeness (QED) is 0.414. The molecule has 30 heavy (non-hydrogen) atoms. The van der Waals surface area contributed by atoms with Gasteiger partial charge in [0.2, 0.25) is 0 Å². The maximum absolute atomic E-state index is 12.0. The summed E-state index contributed by atoms with van der Waals surface area (Å²) in [4.78, 5) is 22.1. The lowest BCUT2D eigenvalue weighted by molar-refractivity contribution is -0.142. The Bertz CT molecular complexity index is 1180. The van der Waals surface area contributed by atoms with E-state index in [4.69, 9.17) is 9.47 Å². The molecule has 0 aliphatic carbocycles. The molecular formula is C23H21N3O3S. The predicted molar refractivity (Wildman–Crippen MR) is 119 cm³/mol. The van der Waals surface area contributed by atoms with Crippen LogP contribution >= 0.6 is 11.3 Å².